The van der Waals surface area contributed by atoms with Crippen LogP contribution in [-0.2, 0) is 23.9 Å². The third-order valence-corrected chi connectivity index (χ3v) is 3.45. The zero-order chi connectivity index (χ0) is 13.8. The lowest BCUT2D eigenvalue weighted by Crippen LogP contribution is -2.46. The van der Waals surface area contributed by atoms with E-state index in [1.54, 1.807) is 0 Å². The van der Waals surface area contributed by atoms with Crippen LogP contribution < -0.4 is 0 Å². The number of carbonyl (C=O) groups is 3. The van der Waals surface area contributed by atoms with Crippen LogP contribution in [0.1, 0.15) is 25.7 Å². The molecule has 1 saturated carbocycles. The number of rotatable bonds is 4. The van der Waals surface area contributed by atoms with E-state index < -0.39 is 17.3 Å². The predicted octanol–water partition coefficient (Wildman–Crippen LogP) is 1.26. The molecule has 0 saturated heterocycles. The van der Waals surface area contributed by atoms with Gasteiger partial charge in [0.25, 0.3) is 0 Å². The Kier molecular flexibility index (Phi) is 4.64. The first-order valence-corrected chi connectivity index (χ1v) is 5.82. The van der Waals surface area contributed by atoms with Gasteiger partial charge in [0.1, 0.15) is 5.41 Å². The lowest BCUT2D eigenvalue weighted by Gasteiger charge is -2.35. The maximum Gasteiger partial charge on any atom is 0.319 e. The van der Waals surface area contributed by atoms with Crippen molar-refractivity contribution in [1.82, 2.24) is 0 Å². The van der Waals surface area contributed by atoms with Gasteiger partial charge in [0.15, 0.2) is 5.78 Å². The van der Waals surface area contributed by atoms with Crippen molar-refractivity contribution in [2.24, 2.45) is 11.3 Å². The average molecular weight is 254 g/mol. The van der Waals surface area contributed by atoms with Crippen LogP contribution in [-0.4, -0.2) is 31.9 Å². The van der Waals surface area contributed by atoms with Gasteiger partial charge in [-0.2, -0.15) is 0 Å². The number of ether oxygens (including phenoxy) is 2. The van der Waals surface area contributed by atoms with Gasteiger partial charge >= 0.3 is 11.9 Å². The molecule has 0 radical (unpaired) electrons. The number of ketones is 1. The summed E-state index contributed by atoms with van der Waals surface area (Å²) in [7, 11) is 2.54. The molecule has 0 aliphatic heterocycles. The molecular weight excluding hydrogens is 236 g/mol. The quantitative estimate of drug-likeness (QED) is 0.429. The van der Waals surface area contributed by atoms with Gasteiger partial charge < -0.3 is 9.47 Å². The number of Topliss-reactive ketones (excluding diaryl/α,β-unsaturated/α-hetero) is 1. The van der Waals surface area contributed by atoms with E-state index in [1.165, 1.54) is 20.3 Å². The molecule has 0 N–H and O–H groups in total. The summed E-state index contributed by atoms with van der Waals surface area (Å²) in [6.07, 6.45) is 2.43. The zero-order valence-corrected chi connectivity index (χ0v) is 10.7. The second kappa shape index (κ2) is 5.80. The van der Waals surface area contributed by atoms with Crippen molar-refractivity contribution in [2.45, 2.75) is 25.7 Å². The Labute approximate surface area is 106 Å². The molecule has 1 aliphatic carbocycles. The van der Waals surface area contributed by atoms with Gasteiger partial charge in [0.2, 0.25) is 0 Å². The molecule has 5 nitrogen and oxygen atoms in total. The Morgan fingerprint density at radius 3 is 2.61 bits per heavy atom. The molecule has 0 aromatic heterocycles. The van der Waals surface area contributed by atoms with Crippen molar-refractivity contribution in [1.29, 1.82) is 0 Å². The Hall–Kier alpha value is -1.65. The average Bonchev–Trinajstić information content (AvgIpc) is 2.39. The van der Waals surface area contributed by atoms with Crippen LogP contribution in [0.15, 0.2) is 12.7 Å². The highest BCUT2D eigenvalue weighted by molar-refractivity contribution is 6.05. The third-order valence-electron chi connectivity index (χ3n) is 3.45. The monoisotopic (exact) mass is 254 g/mol. The summed E-state index contributed by atoms with van der Waals surface area (Å²) in [5.41, 5.74) is -1.27. The van der Waals surface area contributed by atoms with Gasteiger partial charge in [-0.25, -0.2) is 0 Å². The molecule has 1 aliphatic rings. The van der Waals surface area contributed by atoms with E-state index in [9.17, 15) is 14.4 Å². The molecule has 2 unspecified atom stereocenters. The van der Waals surface area contributed by atoms with E-state index in [4.69, 9.17) is 4.74 Å². The maximum absolute atomic E-state index is 12.1. The molecule has 5 heteroatoms. The van der Waals surface area contributed by atoms with Crippen LogP contribution in [0.4, 0.5) is 0 Å². The van der Waals surface area contributed by atoms with Gasteiger partial charge in [-0.1, -0.05) is 6.08 Å². The first-order chi connectivity index (χ1) is 8.51. The summed E-state index contributed by atoms with van der Waals surface area (Å²) in [4.78, 5) is 35.5. The predicted molar refractivity (Wildman–Crippen MR) is 63.6 cm³/mol. The number of methoxy groups -OCH3 is 2. The van der Waals surface area contributed by atoms with Gasteiger partial charge in [-0.05, 0) is 19.3 Å². The van der Waals surface area contributed by atoms with E-state index in [-0.39, 0.29) is 31.0 Å². The van der Waals surface area contributed by atoms with Gasteiger partial charge in [0.05, 0.1) is 20.1 Å². The van der Waals surface area contributed by atoms with Crippen molar-refractivity contribution in [3.8, 4) is 0 Å². The second-order valence-corrected chi connectivity index (χ2v) is 4.45. The molecule has 18 heavy (non-hydrogen) atoms. The minimum absolute atomic E-state index is 0.136. The first kappa shape index (κ1) is 14.4. The summed E-state index contributed by atoms with van der Waals surface area (Å²) >= 11 is 0. The number of allylic oxidation sites excluding steroid dienone is 1. The van der Waals surface area contributed by atoms with E-state index in [0.717, 1.165) is 0 Å². The normalized spacial score (nSPS) is 27.4. The number of hydrogen-bond donors (Lipinski definition) is 0. The SMILES string of the molecule is C=CCC1(C(=O)OC)CC(C(=O)OC)CCC1=O. The number of hydrogen-bond acceptors (Lipinski definition) is 5. The van der Waals surface area contributed by atoms with Crippen molar-refractivity contribution in [2.75, 3.05) is 14.2 Å². The molecule has 0 spiro atoms. The topological polar surface area (TPSA) is 69.7 Å². The molecule has 0 bridgehead atoms. The Balaban J connectivity index is 3.04. The lowest BCUT2D eigenvalue weighted by atomic mass is 9.67. The van der Waals surface area contributed by atoms with Gasteiger partial charge in [-0.3, -0.25) is 14.4 Å². The Morgan fingerprint density at radius 1 is 1.44 bits per heavy atom. The van der Waals surface area contributed by atoms with Crippen molar-refractivity contribution >= 4 is 17.7 Å². The highest BCUT2D eigenvalue weighted by Gasteiger charge is 2.51. The van der Waals surface area contributed by atoms with Crippen LogP contribution in [0.25, 0.3) is 0 Å². The fourth-order valence-electron chi connectivity index (χ4n) is 2.47. The highest BCUT2D eigenvalue weighted by Crippen LogP contribution is 2.41. The molecule has 2 atom stereocenters. The zero-order valence-electron chi connectivity index (χ0n) is 10.7. The smallest absolute Gasteiger partial charge is 0.319 e. The molecule has 100 valence electrons. The summed E-state index contributed by atoms with van der Waals surface area (Å²) in [5, 5.41) is 0. The van der Waals surface area contributed by atoms with E-state index in [0.29, 0.717) is 6.42 Å². The second-order valence-electron chi connectivity index (χ2n) is 4.45. The minimum Gasteiger partial charge on any atom is -0.469 e. The van der Waals surface area contributed by atoms with E-state index >= 15 is 0 Å². The van der Waals surface area contributed by atoms with Crippen molar-refractivity contribution in [3.63, 3.8) is 0 Å². The minimum atomic E-state index is -1.27. The fraction of sp³-hybridized carbons (Fsp3) is 0.615. The molecule has 0 heterocycles. The van der Waals surface area contributed by atoms with Crippen molar-refractivity contribution in [3.05, 3.63) is 12.7 Å². The lowest BCUT2D eigenvalue weighted by molar-refractivity contribution is -0.164. The van der Waals surface area contributed by atoms with Crippen LogP contribution in [0.2, 0.25) is 0 Å². The van der Waals surface area contributed by atoms with Crippen LogP contribution in [0.3, 0.4) is 0 Å². The molecule has 0 amide bonds. The number of esters is 2. The van der Waals surface area contributed by atoms with Crippen LogP contribution in [0.5, 0.6) is 0 Å². The molecule has 0 aromatic rings. The molecular formula is C13H18O5. The van der Waals surface area contributed by atoms with E-state index in [2.05, 4.69) is 11.3 Å². The van der Waals surface area contributed by atoms with Crippen LogP contribution in [0, 0.1) is 11.3 Å². The third kappa shape index (κ3) is 2.44. The molecule has 1 fully saturated rings. The Morgan fingerprint density at radius 2 is 2.11 bits per heavy atom. The highest BCUT2D eigenvalue weighted by atomic mass is 16.5. The van der Waals surface area contributed by atoms with Crippen molar-refractivity contribution < 1.29 is 23.9 Å². The Bertz CT molecular complexity index is 364. The van der Waals surface area contributed by atoms with Gasteiger partial charge in [0, 0.05) is 6.42 Å². The van der Waals surface area contributed by atoms with Gasteiger partial charge in [-0.15, -0.1) is 6.58 Å². The van der Waals surface area contributed by atoms with E-state index in [1.807, 2.05) is 0 Å². The summed E-state index contributed by atoms with van der Waals surface area (Å²) in [6, 6.07) is 0. The molecule has 0 aromatic carbocycles. The summed E-state index contributed by atoms with van der Waals surface area (Å²) < 4.78 is 9.40. The summed E-state index contributed by atoms with van der Waals surface area (Å²) in [6.45, 7) is 3.56. The molecule has 1 rings (SSSR count). The first-order valence-electron chi connectivity index (χ1n) is 5.82. The fourth-order valence-corrected chi connectivity index (χ4v) is 2.47. The standard InChI is InChI=1S/C13H18O5/c1-4-7-13(12(16)18-3)8-9(11(15)17-2)5-6-10(13)14/h4,9H,1,5-8H2,2-3H3. The maximum atomic E-state index is 12.1. The van der Waals surface area contributed by atoms with Crippen LogP contribution >= 0.6 is 0 Å². The number of carbonyl (C=O) groups excluding carboxylic acids is 3. The summed E-state index contributed by atoms with van der Waals surface area (Å²) in [5.74, 6) is -1.61. The largest absolute Gasteiger partial charge is 0.469 e.